The molecule has 0 aromatic heterocycles. The van der Waals surface area contributed by atoms with E-state index in [1.165, 1.54) is 0 Å². The van der Waals surface area contributed by atoms with Gasteiger partial charge in [0.15, 0.2) is 0 Å². The van der Waals surface area contributed by atoms with Gasteiger partial charge in [-0.2, -0.15) is 0 Å². The topological polar surface area (TPSA) is 84.2 Å². The van der Waals surface area contributed by atoms with Crippen LogP contribution in [0.3, 0.4) is 0 Å². The van der Waals surface area contributed by atoms with E-state index in [0.717, 1.165) is 0 Å². The van der Waals surface area contributed by atoms with Crippen molar-refractivity contribution in [3.8, 4) is 0 Å². The average molecular weight is 220 g/mol. The summed E-state index contributed by atoms with van der Waals surface area (Å²) in [5, 5.41) is 5.72. The molecule has 2 fully saturated rings. The highest BCUT2D eigenvalue weighted by atomic mass is 35.5. The monoisotopic (exact) mass is 219 g/mol. The van der Waals surface area contributed by atoms with Gasteiger partial charge in [-0.15, -0.1) is 12.4 Å². The Bertz CT molecular complexity index is 261. The largest absolute Gasteiger partial charge is 0.368 e. The van der Waals surface area contributed by atoms with Gasteiger partial charge >= 0.3 is 0 Å². The molecule has 0 unspecified atom stereocenters. The first-order valence-corrected chi connectivity index (χ1v) is 4.47. The highest BCUT2D eigenvalue weighted by Crippen LogP contribution is 2.35. The van der Waals surface area contributed by atoms with Crippen LogP contribution in [0.2, 0.25) is 0 Å². The van der Waals surface area contributed by atoms with Crippen molar-refractivity contribution in [3.05, 3.63) is 0 Å². The summed E-state index contributed by atoms with van der Waals surface area (Å²) in [6.45, 7) is 1.42. The molecule has 80 valence electrons. The number of carbonyl (C=O) groups is 2. The predicted octanol–water partition coefficient (Wildman–Crippen LogP) is -1.24. The highest BCUT2D eigenvalue weighted by Gasteiger charge is 2.50. The smallest absolute Gasteiger partial charge is 0.243 e. The van der Waals surface area contributed by atoms with Crippen LogP contribution in [0.4, 0.5) is 0 Å². The molecule has 0 atom stereocenters. The van der Waals surface area contributed by atoms with Crippen LogP contribution in [0.1, 0.15) is 12.8 Å². The zero-order chi connectivity index (χ0) is 9.47. The molecule has 1 saturated heterocycles. The molecule has 1 heterocycles. The maximum Gasteiger partial charge on any atom is 0.243 e. The Balaban J connectivity index is 0.000000980. The molecule has 4 N–H and O–H groups in total. The third-order valence-corrected chi connectivity index (χ3v) is 2.74. The first-order chi connectivity index (χ1) is 6.14. The van der Waals surface area contributed by atoms with E-state index in [4.69, 9.17) is 5.73 Å². The zero-order valence-corrected chi connectivity index (χ0v) is 8.52. The van der Waals surface area contributed by atoms with E-state index in [-0.39, 0.29) is 24.2 Å². The number of rotatable bonds is 3. The first-order valence-electron chi connectivity index (χ1n) is 4.47. The summed E-state index contributed by atoms with van der Waals surface area (Å²) < 4.78 is 0. The van der Waals surface area contributed by atoms with Gasteiger partial charge in [0, 0.05) is 13.1 Å². The van der Waals surface area contributed by atoms with Crippen LogP contribution in [0.15, 0.2) is 0 Å². The summed E-state index contributed by atoms with van der Waals surface area (Å²) in [5.74, 6) is -0.431. The molecule has 1 aliphatic carbocycles. The van der Waals surface area contributed by atoms with Crippen molar-refractivity contribution in [3.63, 3.8) is 0 Å². The van der Waals surface area contributed by atoms with Gasteiger partial charge in [-0.25, -0.2) is 0 Å². The van der Waals surface area contributed by atoms with Gasteiger partial charge in [-0.1, -0.05) is 0 Å². The van der Waals surface area contributed by atoms with E-state index >= 15 is 0 Å². The van der Waals surface area contributed by atoms with Crippen LogP contribution in [0, 0.1) is 5.92 Å². The number of nitrogens with one attached hydrogen (secondary N) is 2. The van der Waals surface area contributed by atoms with Crippen molar-refractivity contribution < 1.29 is 9.59 Å². The maximum atomic E-state index is 11.4. The van der Waals surface area contributed by atoms with Gasteiger partial charge in [0.2, 0.25) is 11.8 Å². The van der Waals surface area contributed by atoms with Crippen LogP contribution in [-0.2, 0) is 9.59 Å². The van der Waals surface area contributed by atoms with E-state index in [2.05, 4.69) is 10.6 Å². The number of nitrogens with two attached hydrogens (primary N) is 1. The van der Waals surface area contributed by atoms with E-state index < -0.39 is 11.4 Å². The molecule has 0 aromatic rings. The number of amides is 2. The van der Waals surface area contributed by atoms with Crippen LogP contribution < -0.4 is 16.4 Å². The normalized spacial score (nSPS) is 22.9. The molecule has 0 radical (unpaired) electrons. The molecular weight excluding hydrogens is 206 g/mol. The standard InChI is InChI=1S/C8H13N3O2.ClH/c9-7(13)8(1-2-8)11-6(12)5-3-10-4-5;/h5,10H,1-4H2,(H2,9,13)(H,11,12);1H. The minimum absolute atomic E-state index is 0. The lowest BCUT2D eigenvalue weighted by Crippen LogP contribution is -2.56. The lowest BCUT2D eigenvalue weighted by molar-refractivity contribution is -0.131. The van der Waals surface area contributed by atoms with Gasteiger partial charge < -0.3 is 16.4 Å². The van der Waals surface area contributed by atoms with Crippen molar-refractivity contribution in [1.82, 2.24) is 10.6 Å². The molecule has 0 bridgehead atoms. The molecule has 1 aliphatic heterocycles. The van der Waals surface area contributed by atoms with E-state index in [0.29, 0.717) is 25.9 Å². The number of primary amides is 1. The second kappa shape index (κ2) is 3.74. The molecular formula is C8H14ClN3O2. The number of carbonyl (C=O) groups excluding carboxylic acids is 2. The summed E-state index contributed by atoms with van der Waals surface area (Å²) in [4.78, 5) is 22.4. The molecule has 2 aliphatic rings. The van der Waals surface area contributed by atoms with Crippen molar-refractivity contribution >= 4 is 24.2 Å². The molecule has 0 aromatic carbocycles. The fraction of sp³-hybridized carbons (Fsp3) is 0.750. The van der Waals surface area contributed by atoms with E-state index in [1.807, 2.05) is 0 Å². The fourth-order valence-electron chi connectivity index (χ4n) is 1.37. The number of hydrogen-bond donors (Lipinski definition) is 3. The molecule has 6 heteroatoms. The highest BCUT2D eigenvalue weighted by molar-refractivity contribution is 5.93. The van der Waals surface area contributed by atoms with Gasteiger partial charge in [0.05, 0.1) is 5.92 Å². The van der Waals surface area contributed by atoms with Crippen molar-refractivity contribution in [1.29, 1.82) is 0 Å². The summed E-state index contributed by atoms with van der Waals surface area (Å²) in [5.41, 5.74) is 4.47. The Kier molecular flexibility index (Phi) is 3.01. The average Bonchev–Trinajstić information content (AvgIpc) is 2.64. The number of halogens is 1. The molecule has 2 rings (SSSR count). The van der Waals surface area contributed by atoms with Gasteiger partial charge in [0.25, 0.3) is 0 Å². The molecule has 5 nitrogen and oxygen atoms in total. The van der Waals surface area contributed by atoms with Crippen LogP contribution in [0.25, 0.3) is 0 Å². The van der Waals surface area contributed by atoms with Crippen LogP contribution in [-0.4, -0.2) is 30.4 Å². The second-order valence-electron chi connectivity index (χ2n) is 3.79. The van der Waals surface area contributed by atoms with Crippen LogP contribution >= 0.6 is 12.4 Å². The Labute approximate surface area is 88.2 Å². The third-order valence-electron chi connectivity index (χ3n) is 2.74. The Morgan fingerprint density at radius 3 is 2.21 bits per heavy atom. The Hall–Kier alpha value is -0.810. The SMILES string of the molecule is Cl.NC(=O)C1(NC(=O)C2CNC2)CC1. The van der Waals surface area contributed by atoms with Crippen LogP contribution in [0.5, 0.6) is 0 Å². The van der Waals surface area contributed by atoms with Crippen molar-refractivity contribution in [2.75, 3.05) is 13.1 Å². The third kappa shape index (κ3) is 1.83. The Morgan fingerprint density at radius 1 is 1.36 bits per heavy atom. The first kappa shape index (κ1) is 11.3. The van der Waals surface area contributed by atoms with E-state index in [1.54, 1.807) is 0 Å². The minimum Gasteiger partial charge on any atom is -0.368 e. The molecule has 2 amide bonds. The summed E-state index contributed by atoms with van der Waals surface area (Å²) >= 11 is 0. The number of hydrogen-bond acceptors (Lipinski definition) is 3. The molecule has 1 saturated carbocycles. The lowest BCUT2D eigenvalue weighted by atomic mass is 10.0. The van der Waals surface area contributed by atoms with Gasteiger partial charge in [0.1, 0.15) is 5.54 Å². The zero-order valence-electron chi connectivity index (χ0n) is 7.71. The lowest BCUT2D eigenvalue weighted by Gasteiger charge is -2.27. The van der Waals surface area contributed by atoms with Gasteiger partial charge in [-0.05, 0) is 12.8 Å². The van der Waals surface area contributed by atoms with Gasteiger partial charge in [-0.3, -0.25) is 9.59 Å². The van der Waals surface area contributed by atoms with E-state index in [9.17, 15) is 9.59 Å². The quantitative estimate of drug-likeness (QED) is 0.555. The predicted molar refractivity (Wildman–Crippen MR) is 52.9 cm³/mol. The molecule has 0 spiro atoms. The molecule has 14 heavy (non-hydrogen) atoms. The Morgan fingerprint density at radius 2 is 1.93 bits per heavy atom. The summed E-state index contributed by atoms with van der Waals surface area (Å²) in [6, 6.07) is 0. The summed E-state index contributed by atoms with van der Waals surface area (Å²) in [7, 11) is 0. The van der Waals surface area contributed by atoms with Crippen molar-refractivity contribution in [2.45, 2.75) is 18.4 Å². The minimum atomic E-state index is -0.702. The summed E-state index contributed by atoms with van der Waals surface area (Å²) in [6.07, 6.45) is 1.38. The second-order valence-corrected chi connectivity index (χ2v) is 3.79. The van der Waals surface area contributed by atoms with Crippen molar-refractivity contribution in [2.24, 2.45) is 11.7 Å². The fourth-order valence-corrected chi connectivity index (χ4v) is 1.37. The maximum absolute atomic E-state index is 11.4.